The highest BCUT2D eigenvalue weighted by molar-refractivity contribution is 5.74. The van der Waals surface area contributed by atoms with Crippen LogP contribution in [0.2, 0.25) is 0 Å². The van der Waals surface area contributed by atoms with Gasteiger partial charge in [0.2, 0.25) is 5.95 Å². The zero-order valence-corrected chi connectivity index (χ0v) is 14.7. The number of likely N-dealkylation sites (N-methyl/N-ethyl adjacent to an activating group) is 1. The summed E-state index contributed by atoms with van der Waals surface area (Å²) in [5.74, 6) is 0.477. The first-order valence-electron chi connectivity index (χ1n) is 8.22. The Morgan fingerprint density at radius 1 is 1.33 bits per heavy atom. The number of aryl methyl sites for hydroxylation is 1. The van der Waals surface area contributed by atoms with E-state index in [1.54, 1.807) is 18.5 Å². The van der Waals surface area contributed by atoms with Crippen LogP contribution in [-0.4, -0.2) is 61.4 Å². The quantitative estimate of drug-likeness (QED) is 0.602. The van der Waals surface area contributed by atoms with Gasteiger partial charge in [0.25, 0.3) is 5.56 Å². The molecule has 0 spiro atoms. The smallest absolute Gasteiger partial charge is 0.329 e. The Bertz CT molecular complexity index is 800. The fourth-order valence-corrected chi connectivity index (χ4v) is 2.68. The van der Waals surface area contributed by atoms with Gasteiger partial charge in [-0.25, -0.2) is 4.79 Å². The molecule has 0 aliphatic heterocycles. The molecule has 24 heavy (non-hydrogen) atoms. The maximum Gasteiger partial charge on any atom is 0.329 e. The van der Waals surface area contributed by atoms with Crippen molar-refractivity contribution < 1.29 is 5.11 Å². The zero-order valence-electron chi connectivity index (χ0n) is 14.7. The standard InChI is InChI=1S/C15H26N6O3/c1-5-20(6-2)8-7-16-14-17-12-11(21(14)9-10(3)22)13(23)18-15(24)19(12)4/h10,22H,5-9H2,1-4H3,(H,16,17)(H,18,23,24)/t10-/m0/s1. The number of anilines is 1. The summed E-state index contributed by atoms with van der Waals surface area (Å²) >= 11 is 0. The van der Waals surface area contributed by atoms with Crippen molar-refractivity contribution in [1.82, 2.24) is 24.0 Å². The maximum atomic E-state index is 12.2. The molecule has 0 saturated heterocycles. The number of hydrogen-bond donors (Lipinski definition) is 3. The van der Waals surface area contributed by atoms with Crippen LogP contribution in [0, 0.1) is 0 Å². The second-order valence-corrected chi connectivity index (χ2v) is 5.84. The molecule has 0 bridgehead atoms. The summed E-state index contributed by atoms with van der Waals surface area (Å²) in [4.78, 5) is 32.9. The summed E-state index contributed by atoms with van der Waals surface area (Å²) in [6.07, 6.45) is -0.651. The van der Waals surface area contributed by atoms with Gasteiger partial charge in [0.1, 0.15) is 0 Å². The third-order valence-corrected chi connectivity index (χ3v) is 4.06. The number of nitrogens with one attached hydrogen (secondary N) is 2. The maximum absolute atomic E-state index is 12.2. The molecular weight excluding hydrogens is 312 g/mol. The largest absolute Gasteiger partial charge is 0.392 e. The van der Waals surface area contributed by atoms with Crippen molar-refractivity contribution in [2.75, 3.05) is 31.5 Å². The summed E-state index contributed by atoms with van der Waals surface area (Å²) in [7, 11) is 1.56. The lowest BCUT2D eigenvalue weighted by atomic mass is 10.4. The lowest BCUT2D eigenvalue weighted by molar-refractivity contribution is 0.175. The number of fused-ring (bicyclic) bond motifs is 1. The van der Waals surface area contributed by atoms with Gasteiger partial charge in [-0.3, -0.25) is 14.3 Å². The highest BCUT2D eigenvalue weighted by atomic mass is 16.3. The Hall–Kier alpha value is -2.13. The van der Waals surface area contributed by atoms with Crippen LogP contribution in [0.1, 0.15) is 20.8 Å². The molecule has 1 atom stereocenters. The Morgan fingerprint density at radius 3 is 2.58 bits per heavy atom. The molecule has 0 unspecified atom stereocenters. The van der Waals surface area contributed by atoms with Crippen molar-refractivity contribution in [3.05, 3.63) is 20.8 Å². The fraction of sp³-hybridized carbons (Fsp3) is 0.667. The Labute approximate surface area is 139 Å². The van der Waals surface area contributed by atoms with E-state index in [9.17, 15) is 14.7 Å². The van der Waals surface area contributed by atoms with Crippen LogP contribution < -0.4 is 16.6 Å². The minimum Gasteiger partial charge on any atom is -0.392 e. The van der Waals surface area contributed by atoms with Gasteiger partial charge in [-0.05, 0) is 20.0 Å². The zero-order chi connectivity index (χ0) is 17.9. The van der Waals surface area contributed by atoms with E-state index in [1.807, 2.05) is 0 Å². The molecule has 0 aromatic carbocycles. The molecule has 9 heteroatoms. The lowest BCUT2D eigenvalue weighted by Gasteiger charge is -2.18. The molecule has 134 valence electrons. The summed E-state index contributed by atoms with van der Waals surface area (Å²) in [6.45, 7) is 9.44. The lowest BCUT2D eigenvalue weighted by Crippen LogP contribution is -2.30. The molecule has 0 aliphatic rings. The molecule has 0 amide bonds. The van der Waals surface area contributed by atoms with Gasteiger partial charge in [0, 0.05) is 20.1 Å². The fourth-order valence-electron chi connectivity index (χ4n) is 2.68. The van der Waals surface area contributed by atoms with E-state index >= 15 is 0 Å². The van der Waals surface area contributed by atoms with E-state index in [-0.39, 0.29) is 12.1 Å². The minimum atomic E-state index is -0.651. The predicted octanol–water partition coefficient (Wildman–Crippen LogP) is -0.442. The van der Waals surface area contributed by atoms with Gasteiger partial charge in [-0.15, -0.1) is 0 Å². The first-order chi connectivity index (χ1) is 11.4. The second kappa shape index (κ2) is 7.63. The Kier molecular flexibility index (Phi) is 5.79. The van der Waals surface area contributed by atoms with Gasteiger partial charge in [0.15, 0.2) is 11.2 Å². The van der Waals surface area contributed by atoms with Crippen molar-refractivity contribution in [2.24, 2.45) is 7.05 Å². The molecule has 0 aliphatic carbocycles. The van der Waals surface area contributed by atoms with E-state index in [0.717, 1.165) is 19.6 Å². The number of imidazole rings is 1. The summed E-state index contributed by atoms with van der Waals surface area (Å²) in [6, 6.07) is 0. The molecule has 3 N–H and O–H groups in total. The monoisotopic (exact) mass is 338 g/mol. The molecule has 9 nitrogen and oxygen atoms in total. The molecule has 2 aromatic rings. The normalized spacial score (nSPS) is 12.9. The molecule has 0 radical (unpaired) electrons. The Morgan fingerprint density at radius 2 is 2.00 bits per heavy atom. The van der Waals surface area contributed by atoms with Crippen LogP contribution in [0.15, 0.2) is 9.59 Å². The number of H-pyrrole nitrogens is 1. The van der Waals surface area contributed by atoms with E-state index in [4.69, 9.17) is 0 Å². The number of nitrogens with zero attached hydrogens (tertiary/aromatic N) is 4. The van der Waals surface area contributed by atoms with Crippen molar-refractivity contribution in [3.63, 3.8) is 0 Å². The topological polar surface area (TPSA) is 108 Å². The van der Waals surface area contributed by atoms with Crippen LogP contribution >= 0.6 is 0 Å². The molecular formula is C15H26N6O3. The minimum absolute atomic E-state index is 0.214. The van der Waals surface area contributed by atoms with Gasteiger partial charge < -0.3 is 19.9 Å². The first kappa shape index (κ1) is 18.2. The average Bonchev–Trinajstić information content (AvgIpc) is 2.88. The van der Waals surface area contributed by atoms with Gasteiger partial charge in [0.05, 0.1) is 12.6 Å². The summed E-state index contributed by atoms with van der Waals surface area (Å²) in [5, 5.41) is 13.0. The van der Waals surface area contributed by atoms with Crippen LogP contribution in [-0.2, 0) is 13.6 Å². The molecule has 2 aromatic heterocycles. The van der Waals surface area contributed by atoms with Crippen LogP contribution in [0.5, 0.6) is 0 Å². The van der Waals surface area contributed by atoms with Crippen molar-refractivity contribution in [1.29, 1.82) is 0 Å². The van der Waals surface area contributed by atoms with Crippen LogP contribution in [0.3, 0.4) is 0 Å². The third kappa shape index (κ3) is 3.68. The number of aromatic nitrogens is 4. The van der Waals surface area contributed by atoms with E-state index < -0.39 is 17.4 Å². The first-order valence-corrected chi connectivity index (χ1v) is 8.22. The van der Waals surface area contributed by atoms with Crippen molar-refractivity contribution in [3.8, 4) is 0 Å². The van der Waals surface area contributed by atoms with E-state index in [2.05, 4.69) is 34.0 Å². The molecule has 0 saturated carbocycles. The number of hydrogen-bond acceptors (Lipinski definition) is 6. The average molecular weight is 338 g/mol. The summed E-state index contributed by atoms with van der Waals surface area (Å²) in [5.41, 5.74) is -0.431. The number of rotatable bonds is 8. The van der Waals surface area contributed by atoms with Crippen molar-refractivity contribution >= 4 is 17.1 Å². The van der Waals surface area contributed by atoms with Crippen molar-refractivity contribution in [2.45, 2.75) is 33.4 Å². The predicted molar refractivity (Wildman–Crippen MR) is 93.6 cm³/mol. The van der Waals surface area contributed by atoms with Gasteiger partial charge in [-0.2, -0.15) is 4.98 Å². The molecule has 0 fully saturated rings. The molecule has 2 heterocycles. The number of aliphatic hydroxyl groups is 1. The van der Waals surface area contributed by atoms with Crippen LogP contribution in [0.4, 0.5) is 5.95 Å². The van der Waals surface area contributed by atoms with Gasteiger partial charge in [-0.1, -0.05) is 13.8 Å². The van der Waals surface area contributed by atoms with Gasteiger partial charge >= 0.3 is 5.69 Å². The highest BCUT2D eigenvalue weighted by Crippen LogP contribution is 2.15. The number of aliphatic hydroxyl groups excluding tert-OH is 1. The third-order valence-electron chi connectivity index (χ3n) is 4.06. The SMILES string of the molecule is CCN(CC)CCNc1nc2c(c(=O)[nH]c(=O)n2C)n1C[C@H](C)O. The summed E-state index contributed by atoms with van der Waals surface area (Å²) < 4.78 is 2.92. The van der Waals surface area contributed by atoms with Crippen LogP contribution in [0.25, 0.3) is 11.2 Å². The molecule has 2 rings (SSSR count). The second-order valence-electron chi connectivity index (χ2n) is 5.84. The van der Waals surface area contributed by atoms with E-state index in [0.29, 0.717) is 18.1 Å². The number of aromatic amines is 1. The highest BCUT2D eigenvalue weighted by Gasteiger charge is 2.18. The van der Waals surface area contributed by atoms with E-state index in [1.165, 1.54) is 4.57 Å². The Balaban J connectivity index is 2.41.